The molecule has 0 bridgehead atoms. The Morgan fingerprint density at radius 2 is 2.10 bits per heavy atom. The van der Waals surface area contributed by atoms with Crippen molar-refractivity contribution in [3.05, 3.63) is 21.4 Å². The fraction of sp³-hybridized carbons (Fsp3) is 0.706. The van der Waals surface area contributed by atoms with Gasteiger partial charge in [0.25, 0.3) is 5.91 Å². The SMILES string of the molecule is CC(CO)CCCNC(=O)c1cc2c(s1)CCCCCC2. The van der Waals surface area contributed by atoms with Crippen LogP contribution in [0.4, 0.5) is 0 Å². The number of aliphatic hydroxyl groups excluding tert-OH is 1. The number of carbonyl (C=O) groups excluding carboxylic acids is 1. The molecule has 1 aromatic rings. The van der Waals surface area contributed by atoms with Crippen molar-refractivity contribution < 1.29 is 9.90 Å². The zero-order valence-electron chi connectivity index (χ0n) is 13.0. The van der Waals surface area contributed by atoms with E-state index in [9.17, 15) is 4.79 Å². The van der Waals surface area contributed by atoms with Crippen LogP contribution in [0.5, 0.6) is 0 Å². The van der Waals surface area contributed by atoms with Crippen molar-refractivity contribution in [2.45, 2.75) is 58.3 Å². The standard InChI is InChI=1S/C17H27NO2S/c1-13(12-19)7-6-10-18-17(20)16-11-14-8-4-2-3-5-9-15(14)21-16/h11,13,19H,2-10,12H2,1H3,(H,18,20). The average molecular weight is 309 g/mol. The number of hydrogen-bond donors (Lipinski definition) is 2. The van der Waals surface area contributed by atoms with Gasteiger partial charge in [-0.3, -0.25) is 4.79 Å². The third-order valence-electron chi connectivity index (χ3n) is 4.19. The van der Waals surface area contributed by atoms with Gasteiger partial charge in [-0.1, -0.05) is 19.8 Å². The van der Waals surface area contributed by atoms with Gasteiger partial charge in [0, 0.05) is 18.0 Å². The molecular formula is C17H27NO2S. The van der Waals surface area contributed by atoms with Crippen molar-refractivity contribution in [2.75, 3.05) is 13.2 Å². The number of aliphatic hydroxyl groups is 1. The summed E-state index contributed by atoms with van der Waals surface area (Å²) in [5.74, 6) is 0.395. The Morgan fingerprint density at radius 3 is 2.86 bits per heavy atom. The number of fused-ring (bicyclic) bond motifs is 1. The summed E-state index contributed by atoms with van der Waals surface area (Å²) in [6.45, 7) is 2.96. The molecule has 2 N–H and O–H groups in total. The minimum atomic E-state index is 0.0726. The van der Waals surface area contributed by atoms with Crippen LogP contribution < -0.4 is 5.32 Å². The van der Waals surface area contributed by atoms with Crippen molar-refractivity contribution >= 4 is 17.2 Å². The van der Waals surface area contributed by atoms with Crippen molar-refractivity contribution in [1.82, 2.24) is 5.32 Å². The first-order chi connectivity index (χ1) is 10.2. The summed E-state index contributed by atoms with van der Waals surface area (Å²) in [6.07, 6.45) is 9.31. The molecule has 1 heterocycles. The molecule has 1 aliphatic rings. The number of carbonyl (C=O) groups is 1. The zero-order valence-corrected chi connectivity index (χ0v) is 13.8. The van der Waals surface area contributed by atoms with Crippen LogP contribution in [0, 0.1) is 5.92 Å². The molecule has 3 nitrogen and oxygen atoms in total. The molecule has 118 valence electrons. The van der Waals surface area contributed by atoms with Gasteiger partial charge in [0.2, 0.25) is 0 Å². The van der Waals surface area contributed by atoms with Crippen LogP contribution in [0.1, 0.15) is 65.6 Å². The number of thiophene rings is 1. The molecule has 1 atom stereocenters. The molecule has 0 aromatic carbocycles. The van der Waals surface area contributed by atoms with Gasteiger partial charge in [0.15, 0.2) is 0 Å². The summed E-state index contributed by atoms with van der Waals surface area (Å²) in [6, 6.07) is 2.11. The highest BCUT2D eigenvalue weighted by atomic mass is 32.1. The van der Waals surface area contributed by atoms with E-state index in [1.807, 2.05) is 6.92 Å². The Balaban J connectivity index is 1.83. The summed E-state index contributed by atoms with van der Waals surface area (Å²) >= 11 is 1.68. The molecule has 0 aliphatic heterocycles. The lowest BCUT2D eigenvalue weighted by Gasteiger charge is -2.07. The van der Waals surface area contributed by atoms with Gasteiger partial charge in [-0.2, -0.15) is 0 Å². The number of hydrogen-bond acceptors (Lipinski definition) is 3. The van der Waals surface area contributed by atoms with E-state index in [0.29, 0.717) is 12.5 Å². The van der Waals surface area contributed by atoms with Crippen molar-refractivity contribution in [2.24, 2.45) is 5.92 Å². The molecule has 1 aliphatic carbocycles. The molecule has 4 heteroatoms. The van der Waals surface area contributed by atoms with Gasteiger partial charge in [-0.25, -0.2) is 0 Å². The molecule has 2 rings (SSSR count). The highest BCUT2D eigenvalue weighted by Gasteiger charge is 2.15. The Bertz CT molecular complexity index is 430. The second-order valence-electron chi connectivity index (χ2n) is 6.16. The largest absolute Gasteiger partial charge is 0.396 e. The number of rotatable bonds is 6. The molecule has 0 spiro atoms. The lowest BCUT2D eigenvalue weighted by atomic mass is 10.00. The Kier molecular flexibility index (Phi) is 6.71. The second-order valence-corrected chi connectivity index (χ2v) is 7.30. The average Bonchev–Trinajstić information content (AvgIpc) is 2.85. The molecule has 0 saturated heterocycles. The summed E-state index contributed by atoms with van der Waals surface area (Å²) in [5, 5.41) is 12.0. The number of nitrogens with one attached hydrogen (secondary N) is 1. The minimum absolute atomic E-state index is 0.0726. The summed E-state index contributed by atoms with van der Waals surface area (Å²) < 4.78 is 0. The van der Waals surface area contributed by atoms with Gasteiger partial charge < -0.3 is 10.4 Å². The predicted octanol–water partition coefficient (Wildman–Crippen LogP) is 3.55. The predicted molar refractivity (Wildman–Crippen MR) is 88.0 cm³/mol. The van der Waals surface area contributed by atoms with E-state index in [-0.39, 0.29) is 12.5 Å². The van der Waals surface area contributed by atoms with Crippen LogP contribution in [-0.2, 0) is 12.8 Å². The minimum Gasteiger partial charge on any atom is -0.396 e. The second kappa shape index (κ2) is 8.54. The first kappa shape index (κ1) is 16.5. The van der Waals surface area contributed by atoms with E-state index in [1.165, 1.54) is 36.1 Å². The van der Waals surface area contributed by atoms with E-state index in [2.05, 4.69) is 11.4 Å². The fourth-order valence-electron chi connectivity index (χ4n) is 2.79. The quantitative estimate of drug-likeness (QED) is 0.790. The lowest BCUT2D eigenvalue weighted by molar-refractivity contribution is 0.0956. The summed E-state index contributed by atoms with van der Waals surface area (Å²) in [5.41, 5.74) is 1.40. The molecule has 1 amide bonds. The first-order valence-electron chi connectivity index (χ1n) is 8.21. The van der Waals surface area contributed by atoms with Crippen molar-refractivity contribution in [3.63, 3.8) is 0 Å². The number of amides is 1. The molecule has 21 heavy (non-hydrogen) atoms. The summed E-state index contributed by atoms with van der Waals surface area (Å²) in [7, 11) is 0. The van der Waals surface area contributed by atoms with Crippen LogP contribution in [0.2, 0.25) is 0 Å². The van der Waals surface area contributed by atoms with E-state index < -0.39 is 0 Å². The zero-order chi connectivity index (χ0) is 15.1. The Labute approximate surface area is 131 Å². The smallest absolute Gasteiger partial charge is 0.261 e. The van der Waals surface area contributed by atoms with Gasteiger partial charge in [0.1, 0.15) is 0 Å². The van der Waals surface area contributed by atoms with E-state index in [0.717, 1.165) is 30.6 Å². The Hall–Kier alpha value is -0.870. The third-order valence-corrected chi connectivity index (χ3v) is 5.43. The van der Waals surface area contributed by atoms with E-state index >= 15 is 0 Å². The molecule has 0 radical (unpaired) electrons. The van der Waals surface area contributed by atoms with Crippen LogP contribution in [0.3, 0.4) is 0 Å². The molecule has 0 fully saturated rings. The maximum absolute atomic E-state index is 12.2. The number of aryl methyl sites for hydroxylation is 2. The van der Waals surface area contributed by atoms with E-state index in [4.69, 9.17) is 5.11 Å². The first-order valence-corrected chi connectivity index (χ1v) is 9.03. The molecular weight excluding hydrogens is 282 g/mol. The normalized spacial score (nSPS) is 16.7. The highest BCUT2D eigenvalue weighted by Crippen LogP contribution is 2.28. The van der Waals surface area contributed by atoms with Gasteiger partial charge in [0.05, 0.1) is 4.88 Å². The van der Waals surface area contributed by atoms with E-state index in [1.54, 1.807) is 11.3 Å². The van der Waals surface area contributed by atoms with Gasteiger partial charge >= 0.3 is 0 Å². The van der Waals surface area contributed by atoms with Crippen LogP contribution in [0.15, 0.2) is 6.07 Å². The van der Waals surface area contributed by atoms with Crippen molar-refractivity contribution in [1.29, 1.82) is 0 Å². The lowest BCUT2D eigenvalue weighted by Crippen LogP contribution is -2.24. The Morgan fingerprint density at radius 1 is 1.33 bits per heavy atom. The van der Waals surface area contributed by atoms with Gasteiger partial charge in [-0.05, 0) is 56.1 Å². The molecule has 1 unspecified atom stereocenters. The fourth-order valence-corrected chi connectivity index (χ4v) is 3.96. The van der Waals surface area contributed by atoms with Crippen LogP contribution >= 0.6 is 11.3 Å². The summed E-state index contributed by atoms with van der Waals surface area (Å²) in [4.78, 5) is 14.5. The third kappa shape index (κ3) is 5.11. The topological polar surface area (TPSA) is 49.3 Å². The van der Waals surface area contributed by atoms with Crippen LogP contribution in [-0.4, -0.2) is 24.2 Å². The highest BCUT2D eigenvalue weighted by molar-refractivity contribution is 7.14. The molecule has 0 saturated carbocycles. The maximum atomic E-state index is 12.2. The molecule has 1 aromatic heterocycles. The van der Waals surface area contributed by atoms with Crippen molar-refractivity contribution in [3.8, 4) is 0 Å². The van der Waals surface area contributed by atoms with Crippen LogP contribution in [0.25, 0.3) is 0 Å². The van der Waals surface area contributed by atoms with Gasteiger partial charge in [-0.15, -0.1) is 11.3 Å². The monoisotopic (exact) mass is 309 g/mol. The maximum Gasteiger partial charge on any atom is 0.261 e.